The molecule has 1 atom stereocenters. The van der Waals surface area contributed by atoms with Gasteiger partial charge in [0.2, 0.25) is 5.91 Å². The third kappa shape index (κ3) is 5.71. The molecule has 0 unspecified atom stereocenters. The third-order valence-electron chi connectivity index (χ3n) is 3.98. The topological polar surface area (TPSA) is 84.7 Å². The number of nitro benzene ring substituents is 1. The molecule has 1 amide bonds. The highest BCUT2D eigenvalue weighted by atomic mass is 19.3. The van der Waals surface area contributed by atoms with Crippen molar-refractivity contribution in [3.8, 4) is 5.75 Å². The Labute approximate surface area is 154 Å². The number of alkyl halides is 2. The Balaban J connectivity index is 1.99. The van der Waals surface area contributed by atoms with Crippen LogP contribution in [0, 0.1) is 10.1 Å². The number of nitrogens with zero attached hydrogens (tertiary/aromatic N) is 2. The van der Waals surface area contributed by atoms with Gasteiger partial charge in [0.05, 0.1) is 11.0 Å². The van der Waals surface area contributed by atoms with Gasteiger partial charge < -0.3 is 10.1 Å². The average Bonchev–Trinajstić information content (AvgIpc) is 2.62. The number of hydrogen-bond donors (Lipinski definition) is 1. The highest BCUT2D eigenvalue weighted by Crippen LogP contribution is 2.23. The molecule has 0 heterocycles. The largest absolute Gasteiger partial charge is 0.435 e. The zero-order valence-corrected chi connectivity index (χ0v) is 14.8. The highest BCUT2D eigenvalue weighted by molar-refractivity contribution is 5.96. The summed E-state index contributed by atoms with van der Waals surface area (Å²) >= 11 is 0. The molecule has 0 fully saturated rings. The first-order valence-electron chi connectivity index (χ1n) is 8.06. The molecule has 7 nitrogen and oxygen atoms in total. The number of rotatable bonds is 8. The van der Waals surface area contributed by atoms with Crippen molar-refractivity contribution in [2.24, 2.45) is 0 Å². The quantitative estimate of drug-likeness (QED) is 0.559. The van der Waals surface area contributed by atoms with Gasteiger partial charge in [0.25, 0.3) is 5.69 Å². The van der Waals surface area contributed by atoms with Crippen molar-refractivity contribution in [2.75, 3.05) is 12.4 Å². The van der Waals surface area contributed by atoms with E-state index < -0.39 is 23.5 Å². The van der Waals surface area contributed by atoms with Crippen LogP contribution in [-0.2, 0) is 11.3 Å². The van der Waals surface area contributed by atoms with Crippen LogP contribution in [0.5, 0.6) is 5.75 Å². The van der Waals surface area contributed by atoms with Gasteiger partial charge >= 0.3 is 6.61 Å². The molecule has 0 radical (unpaired) electrons. The van der Waals surface area contributed by atoms with E-state index in [2.05, 4.69) is 10.1 Å². The number of nitro groups is 1. The van der Waals surface area contributed by atoms with Gasteiger partial charge in [-0.15, -0.1) is 0 Å². The molecular formula is C18H19F2N3O4. The summed E-state index contributed by atoms with van der Waals surface area (Å²) in [6, 6.07) is 11.4. The van der Waals surface area contributed by atoms with Crippen LogP contribution in [0.2, 0.25) is 0 Å². The van der Waals surface area contributed by atoms with Gasteiger partial charge in [-0.05, 0) is 37.7 Å². The molecule has 0 saturated heterocycles. The summed E-state index contributed by atoms with van der Waals surface area (Å²) in [5.41, 5.74) is 0.737. The van der Waals surface area contributed by atoms with Crippen molar-refractivity contribution >= 4 is 17.3 Å². The van der Waals surface area contributed by atoms with E-state index in [9.17, 15) is 23.7 Å². The molecule has 0 aromatic heterocycles. The molecule has 0 aliphatic heterocycles. The maximum absolute atomic E-state index is 12.4. The molecule has 0 saturated carbocycles. The third-order valence-corrected chi connectivity index (χ3v) is 3.98. The molecule has 0 aliphatic carbocycles. The fourth-order valence-electron chi connectivity index (χ4n) is 2.38. The molecule has 144 valence electrons. The van der Waals surface area contributed by atoms with Crippen molar-refractivity contribution in [1.29, 1.82) is 0 Å². The molecule has 0 spiro atoms. The Bertz CT molecular complexity index is 799. The number of hydrogen-bond acceptors (Lipinski definition) is 5. The van der Waals surface area contributed by atoms with Crippen LogP contribution in [-0.4, -0.2) is 35.4 Å². The Kier molecular flexibility index (Phi) is 6.78. The van der Waals surface area contributed by atoms with Crippen LogP contribution in [0.15, 0.2) is 48.5 Å². The molecule has 1 N–H and O–H groups in total. The predicted octanol–water partition coefficient (Wildman–Crippen LogP) is 3.66. The zero-order valence-electron chi connectivity index (χ0n) is 14.8. The van der Waals surface area contributed by atoms with Crippen molar-refractivity contribution in [3.05, 3.63) is 64.2 Å². The van der Waals surface area contributed by atoms with E-state index >= 15 is 0 Å². The van der Waals surface area contributed by atoms with E-state index in [0.717, 1.165) is 5.56 Å². The molecule has 0 bridgehead atoms. The lowest BCUT2D eigenvalue weighted by molar-refractivity contribution is -0.383. The molecule has 2 rings (SSSR count). The minimum atomic E-state index is -2.88. The number of halogens is 2. The number of amides is 1. The number of nitrogens with one attached hydrogen (secondary N) is 1. The summed E-state index contributed by atoms with van der Waals surface area (Å²) in [5.74, 6) is -0.344. The zero-order chi connectivity index (χ0) is 20.0. The van der Waals surface area contributed by atoms with Crippen LogP contribution >= 0.6 is 0 Å². The summed E-state index contributed by atoms with van der Waals surface area (Å²) in [7, 11) is 1.72. The number of ether oxygens (including phenoxy) is 1. The van der Waals surface area contributed by atoms with Crippen LogP contribution in [0.4, 0.5) is 20.2 Å². The van der Waals surface area contributed by atoms with Gasteiger partial charge in [-0.3, -0.25) is 19.8 Å². The second-order valence-corrected chi connectivity index (χ2v) is 5.88. The van der Waals surface area contributed by atoms with E-state index in [1.807, 2.05) is 0 Å². The lowest BCUT2D eigenvalue weighted by Gasteiger charge is -2.24. The monoisotopic (exact) mass is 379 g/mol. The average molecular weight is 379 g/mol. The van der Waals surface area contributed by atoms with E-state index in [1.54, 1.807) is 37.1 Å². The molecule has 9 heteroatoms. The van der Waals surface area contributed by atoms with E-state index in [1.165, 1.54) is 30.3 Å². The molecule has 2 aromatic carbocycles. The smallest absolute Gasteiger partial charge is 0.387 e. The van der Waals surface area contributed by atoms with Crippen LogP contribution in [0.1, 0.15) is 12.5 Å². The fourth-order valence-corrected chi connectivity index (χ4v) is 2.38. The van der Waals surface area contributed by atoms with E-state index in [0.29, 0.717) is 6.54 Å². The van der Waals surface area contributed by atoms with Crippen LogP contribution in [0.25, 0.3) is 0 Å². The molecule has 27 heavy (non-hydrogen) atoms. The first-order chi connectivity index (χ1) is 12.8. The summed E-state index contributed by atoms with van der Waals surface area (Å²) < 4.78 is 28.6. The predicted molar refractivity (Wildman–Crippen MR) is 95.7 cm³/mol. The van der Waals surface area contributed by atoms with Crippen LogP contribution in [0.3, 0.4) is 0 Å². The van der Waals surface area contributed by atoms with Crippen molar-refractivity contribution in [1.82, 2.24) is 4.90 Å². The minimum absolute atomic E-state index is 0.0542. The van der Waals surface area contributed by atoms with Crippen LogP contribution < -0.4 is 10.1 Å². The first kappa shape index (κ1) is 20.2. The molecule has 2 aromatic rings. The first-order valence-corrected chi connectivity index (χ1v) is 8.06. The number of benzene rings is 2. The van der Waals surface area contributed by atoms with Gasteiger partial charge in [-0.2, -0.15) is 8.78 Å². The fraction of sp³-hybridized carbons (Fsp3) is 0.278. The SMILES string of the molecule is C[C@H](C(=O)Nc1ccccc1[N+](=O)[O-])N(C)Cc1ccc(OC(F)F)cc1. The van der Waals surface area contributed by atoms with Crippen molar-refractivity contribution < 1.29 is 23.2 Å². The van der Waals surface area contributed by atoms with Crippen molar-refractivity contribution in [2.45, 2.75) is 26.1 Å². The van der Waals surface area contributed by atoms with Gasteiger partial charge in [0.15, 0.2) is 0 Å². The van der Waals surface area contributed by atoms with E-state index in [-0.39, 0.29) is 17.1 Å². The Morgan fingerprint density at radius 1 is 1.22 bits per heavy atom. The maximum Gasteiger partial charge on any atom is 0.387 e. The number of carbonyl (C=O) groups excluding carboxylic acids is 1. The second-order valence-electron chi connectivity index (χ2n) is 5.88. The Morgan fingerprint density at radius 3 is 2.44 bits per heavy atom. The van der Waals surface area contributed by atoms with E-state index in [4.69, 9.17) is 0 Å². The lowest BCUT2D eigenvalue weighted by atomic mass is 10.1. The van der Waals surface area contributed by atoms with Crippen molar-refractivity contribution in [3.63, 3.8) is 0 Å². The Morgan fingerprint density at radius 2 is 1.85 bits per heavy atom. The summed E-state index contributed by atoms with van der Waals surface area (Å²) in [5, 5.41) is 13.6. The lowest BCUT2D eigenvalue weighted by Crippen LogP contribution is -2.39. The van der Waals surface area contributed by atoms with Gasteiger partial charge in [0, 0.05) is 12.6 Å². The summed E-state index contributed by atoms with van der Waals surface area (Å²) in [4.78, 5) is 24.6. The summed E-state index contributed by atoms with van der Waals surface area (Å²) in [6.45, 7) is -0.844. The Hall–Kier alpha value is -3.07. The number of carbonyl (C=O) groups is 1. The van der Waals surface area contributed by atoms with Gasteiger partial charge in [0.1, 0.15) is 11.4 Å². The molecule has 0 aliphatic rings. The standard InChI is InChI=1S/C18H19F2N3O4/c1-12(17(24)21-15-5-3-4-6-16(15)23(25)26)22(2)11-13-7-9-14(10-8-13)27-18(19)20/h3-10,12,18H,11H2,1-2H3,(H,21,24)/t12-/m1/s1. The normalized spacial score (nSPS) is 12.1. The number of para-hydroxylation sites is 2. The summed E-state index contributed by atoms with van der Waals surface area (Å²) in [6.07, 6.45) is 0. The number of anilines is 1. The van der Waals surface area contributed by atoms with Gasteiger partial charge in [-0.25, -0.2) is 0 Å². The number of likely N-dealkylation sites (N-methyl/N-ethyl adjacent to an activating group) is 1. The minimum Gasteiger partial charge on any atom is -0.435 e. The molecular weight excluding hydrogens is 360 g/mol. The maximum atomic E-state index is 12.4. The highest BCUT2D eigenvalue weighted by Gasteiger charge is 2.21. The van der Waals surface area contributed by atoms with Gasteiger partial charge in [-0.1, -0.05) is 24.3 Å². The second kappa shape index (κ2) is 9.04.